The average molecular weight is 218 g/mol. The van der Waals surface area contributed by atoms with Gasteiger partial charge in [-0.15, -0.1) is 11.3 Å². The fraction of sp³-hybridized carbons (Fsp3) is 0.100. The molecular formula is C10H6N2O2S. The van der Waals surface area contributed by atoms with E-state index in [9.17, 15) is 4.79 Å². The molecule has 0 aliphatic rings. The summed E-state index contributed by atoms with van der Waals surface area (Å²) >= 11 is 1.46. The minimum atomic E-state index is -0.480. The van der Waals surface area contributed by atoms with Crippen molar-refractivity contribution >= 4 is 27.5 Å². The first-order valence-electron chi connectivity index (χ1n) is 4.18. The molecule has 2 aromatic rings. The highest BCUT2D eigenvalue weighted by molar-refractivity contribution is 7.16. The van der Waals surface area contributed by atoms with E-state index in [0.717, 1.165) is 10.2 Å². The maximum Gasteiger partial charge on any atom is 0.339 e. The lowest BCUT2D eigenvalue weighted by molar-refractivity contribution is 0.0555. The van der Waals surface area contributed by atoms with Gasteiger partial charge in [0.05, 0.1) is 21.3 Å². The zero-order valence-electron chi connectivity index (χ0n) is 7.64. The van der Waals surface area contributed by atoms with Crippen LogP contribution in [0.15, 0.2) is 23.7 Å². The van der Waals surface area contributed by atoms with Crippen LogP contribution < -0.4 is 0 Å². The van der Waals surface area contributed by atoms with Crippen LogP contribution in [0.4, 0.5) is 0 Å². The molecule has 15 heavy (non-hydrogen) atoms. The van der Waals surface area contributed by atoms with Gasteiger partial charge in [0.15, 0.2) is 6.61 Å². The van der Waals surface area contributed by atoms with Crippen molar-refractivity contribution in [1.82, 2.24) is 4.98 Å². The van der Waals surface area contributed by atoms with Crippen LogP contribution in [-0.4, -0.2) is 17.6 Å². The molecule has 0 bridgehead atoms. The van der Waals surface area contributed by atoms with E-state index in [1.165, 1.54) is 11.3 Å². The zero-order chi connectivity index (χ0) is 10.7. The number of thiazole rings is 1. The van der Waals surface area contributed by atoms with Crippen molar-refractivity contribution in [3.8, 4) is 6.07 Å². The molecule has 0 aliphatic heterocycles. The number of aromatic nitrogens is 1. The molecule has 74 valence electrons. The Morgan fingerprint density at radius 3 is 3.27 bits per heavy atom. The highest BCUT2D eigenvalue weighted by Gasteiger charge is 2.08. The number of nitrogens with zero attached hydrogens (tertiary/aromatic N) is 2. The van der Waals surface area contributed by atoms with Crippen molar-refractivity contribution in [3.63, 3.8) is 0 Å². The highest BCUT2D eigenvalue weighted by Crippen LogP contribution is 2.19. The van der Waals surface area contributed by atoms with Crippen LogP contribution in [0.2, 0.25) is 0 Å². The number of rotatable bonds is 2. The van der Waals surface area contributed by atoms with Crippen molar-refractivity contribution in [2.24, 2.45) is 0 Å². The molecule has 1 aromatic carbocycles. The topological polar surface area (TPSA) is 63.0 Å². The lowest BCUT2D eigenvalue weighted by Gasteiger charge is -1.99. The van der Waals surface area contributed by atoms with Gasteiger partial charge >= 0.3 is 5.97 Å². The molecule has 0 aliphatic carbocycles. The monoisotopic (exact) mass is 218 g/mol. The van der Waals surface area contributed by atoms with Crippen LogP contribution in [0.5, 0.6) is 0 Å². The second-order valence-corrected chi connectivity index (χ2v) is 3.66. The second kappa shape index (κ2) is 4.07. The first kappa shape index (κ1) is 9.62. The Hall–Kier alpha value is -1.93. The fourth-order valence-electron chi connectivity index (χ4n) is 1.16. The summed E-state index contributed by atoms with van der Waals surface area (Å²) < 4.78 is 5.62. The van der Waals surface area contributed by atoms with E-state index in [1.54, 1.807) is 29.8 Å². The van der Waals surface area contributed by atoms with Crippen LogP contribution in [0.1, 0.15) is 10.4 Å². The Balaban J connectivity index is 2.28. The maximum absolute atomic E-state index is 11.4. The number of hydrogen-bond acceptors (Lipinski definition) is 5. The minimum absolute atomic E-state index is 0.223. The number of ether oxygens (including phenoxy) is 1. The Morgan fingerprint density at radius 2 is 2.47 bits per heavy atom. The summed E-state index contributed by atoms with van der Waals surface area (Å²) in [6, 6.07) is 6.86. The van der Waals surface area contributed by atoms with E-state index in [2.05, 4.69) is 9.72 Å². The quantitative estimate of drug-likeness (QED) is 0.723. The molecular weight excluding hydrogens is 212 g/mol. The van der Waals surface area contributed by atoms with Crippen molar-refractivity contribution in [3.05, 3.63) is 29.3 Å². The molecule has 0 radical (unpaired) electrons. The third-order valence-electron chi connectivity index (χ3n) is 1.83. The van der Waals surface area contributed by atoms with Gasteiger partial charge in [-0.05, 0) is 18.2 Å². The molecule has 0 amide bonds. The van der Waals surface area contributed by atoms with Gasteiger partial charge in [-0.25, -0.2) is 9.78 Å². The Kier molecular flexibility index (Phi) is 2.61. The first-order valence-corrected chi connectivity index (χ1v) is 5.06. The van der Waals surface area contributed by atoms with Crippen molar-refractivity contribution in [1.29, 1.82) is 5.26 Å². The van der Waals surface area contributed by atoms with Gasteiger partial charge in [0.1, 0.15) is 6.07 Å². The summed E-state index contributed by atoms with van der Waals surface area (Å²) in [4.78, 5) is 15.5. The molecule has 2 rings (SSSR count). The van der Waals surface area contributed by atoms with Crippen molar-refractivity contribution in [2.75, 3.05) is 6.61 Å². The van der Waals surface area contributed by atoms with Gasteiger partial charge in [-0.2, -0.15) is 5.26 Å². The maximum atomic E-state index is 11.4. The SMILES string of the molecule is N#CCOC(=O)c1ccc2ncsc2c1. The van der Waals surface area contributed by atoms with Crippen LogP contribution in [0.25, 0.3) is 10.2 Å². The lowest BCUT2D eigenvalue weighted by atomic mass is 10.2. The number of nitriles is 1. The van der Waals surface area contributed by atoms with E-state index in [0.29, 0.717) is 5.56 Å². The summed E-state index contributed by atoms with van der Waals surface area (Å²) in [5.74, 6) is -0.480. The van der Waals surface area contributed by atoms with Crippen molar-refractivity contribution < 1.29 is 9.53 Å². The van der Waals surface area contributed by atoms with E-state index in [1.807, 2.05) is 0 Å². The highest BCUT2D eigenvalue weighted by atomic mass is 32.1. The zero-order valence-corrected chi connectivity index (χ0v) is 8.45. The summed E-state index contributed by atoms with van der Waals surface area (Å²) in [6.07, 6.45) is 0. The Bertz CT molecular complexity index is 542. The molecule has 0 saturated carbocycles. The normalized spacial score (nSPS) is 9.80. The molecule has 0 N–H and O–H groups in total. The summed E-state index contributed by atoms with van der Waals surface area (Å²) in [5, 5.41) is 8.27. The Morgan fingerprint density at radius 1 is 1.60 bits per heavy atom. The number of carbonyl (C=O) groups excluding carboxylic acids is 1. The summed E-state index contributed by atoms with van der Waals surface area (Å²) in [5.41, 5.74) is 3.02. The number of hydrogen-bond donors (Lipinski definition) is 0. The van der Waals surface area contributed by atoms with Crippen LogP contribution >= 0.6 is 11.3 Å². The van der Waals surface area contributed by atoms with E-state index < -0.39 is 5.97 Å². The van der Waals surface area contributed by atoms with E-state index in [4.69, 9.17) is 5.26 Å². The molecule has 0 spiro atoms. The molecule has 1 heterocycles. The van der Waals surface area contributed by atoms with E-state index >= 15 is 0 Å². The largest absolute Gasteiger partial charge is 0.447 e. The number of fused-ring (bicyclic) bond motifs is 1. The summed E-state index contributed by atoms with van der Waals surface area (Å²) in [7, 11) is 0. The first-order chi connectivity index (χ1) is 7.31. The predicted octanol–water partition coefficient (Wildman–Crippen LogP) is 1.98. The third kappa shape index (κ3) is 1.95. The smallest absolute Gasteiger partial charge is 0.339 e. The average Bonchev–Trinajstić information content (AvgIpc) is 2.72. The standard InChI is InChI=1S/C10H6N2O2S/c11-3-4-14-10(13)7-1-2-8-9(5-7)15-6-12-8/h1-2,5-6H,4H2. The molecule has 1 aromatic heterocycles. The Labute approximate surface area is 89.7 Å². The van der Waals surface area contributed by atoms with Gasteiger partial charge in [0.25, 0.3) is 0 Å². The van der Waals surface area contributed by atoms with E-state index in [-0.39, 0.29) is 6.61 Å². The number of esters is 1. The molecule has 0 saturated heterocycles. The molecule has 0 unspecified atom stereocenters. The molecule has 4 nitrogen and oxygen atoms in total. The third-order valence-corrected chi connectivity index (χ3v) is 2.63. The molecule has 5 heteroatoms. The second-order valence-electron chi connectivity index (χ2n) is 2.77. The lowest BCUT2D eigenvalue weighted by Crippen LogP contribution is -2.04. The fourth-order valence-corrected chi connectivity index (χ4v) is 1.88. The van der Waals surface area contributed by atoms with Gasteiger partial charge in [-0.3, -0.25) is 0 Å². The van der Waals surface area contributed by atoms with Gasteiger partial charge < -0.3 is 4.74 Å². The van der Waals surface area contributed by atoms with Crippen LogP contribution in [-0.2, 0) is 4.74 Å². The van der Waals surface area contributed by atoms with Gasteiger partial charge in [0, 0.05) is 0 Å². The van der Waals surface area contributed by atoms with Gasteiger partial charge in [-0.1, -0.05) is 0 Å². The van der Waals surface area contributed by atoms with Crippen LogP contribution in [0.3, 0.4) is 0 Å². The van der Waals surface area contributed by atoms with Gasteiger partial charge in [0.2, 0.25) is 0 Å². The molecule has 0 fully saturated rings. The van der Waals surface area contributed by atoms with Crippen molar-refractivity contribution in [2.45, 2.75) is 0 Å². The molecule has 0 atom stereocenters. The van der Waals surface area contributed by atoms with Crippen LogP contribution in [0, 0.1) is 11.3 Å². The predicted molar refractivity (Wildman–Crippen MR) is 55.5 cm³/mol. The number of carbonyl (C=O) groups is 1. The number of benzene rings is 1. The summed E-state index contributed by atoms with van der Waals surface area (Å²) in [6.45, 7) is -0.223. The minimum Gasteiger partial charge on any atom is -0.447 e.